The number of amides is 1. The zero-order valence-corrected chi connectivity index (χ0v) is 12.4. The number of carbonyl (C=O) groups excluding carboxylic acids is 1. The lowest BCUT2D eigenvalue weighted by Gasteiger charge is -2.10. The minimum atomic E-state index is -0.515. The molecule has 3 aromatic rings. The first-order valence-electron chi connectivity index (χ1n) is 7.40. The van der Waals surface area contributed by atoms with E-state index in [4.69, 9.17) is 4.63 Å². The minimum absolute atomic E-state index is 0.101. The van der Waals surface area contributed by atoms with E-state index in [9.17, 15) is 9.59 Å². The van der Waals surface area contributed by atoms with E-state index in [2.05, 4.69) is 31.0 Å². The van der Waals surface area contributed by atoms with Gasteiger partial charge in [-0.1, -0.05) is 23.4 Å². The van der Waals surface area contributed by atoms with Crippen LogP contribution in [-0.4, -0.2) is 32.1 Å². The molecule has 0 fully saturated rings. The highest BCUT2D eigenvalue weighted by Gasteiger charge is 2.22. The van der Waals surface area contributed by atoms with E-state index in [0.717, 1.165) is 18.5 Å². The fourth-order valence-electron chi connectivity index (χ4n) is 2.70. The first-order valence-corrected chi connectivity index (χ1v) is 7.40. The predicted molar refractivity (Wildman–Crippen MR) is 83.6 cm³/mol. The molecule has 1 aliphatic carbocycles. The fraction of sp³-hybridized carbons (Fsp3) is 0.200. The largest absolute Gasteiger partial charge is 0.292 e. The average Bonchev–Trinajstić information content (AvgIpc) is 3.09. The van der Waals surface area contributed by atoms with E-state index in [-0.39, 0.29) is 11.3 Å². The number of aromatic amines is 1. The molecule has 9 nitrogen and oxygen atoms in total. The second-order valence-corrected chi connectivity index (χ2v) is 5.36. The molecule has 9 heteroatoms. The minimum Gasteiger partial charge on any atom is -0.267 e. The van der Waals surface area contributed by atoms with Crippen LogP contribution in [0.5, 0.6) is 0 Å². The number of hydrazone groups is 1. The Labute approximate surface area is 134 Å². The van der Waals surface area contributed by atoms with Crippen LogP contribution in [0, 0.1) is 0 Å². The molecule has 2 N–H and O–H groups in total. The molecule has 0 atom stereocenters. The maximum Gasteiger partial charge on any atom is 0.292 e. The van der Waals surface area contributed by atoms with Gasteiger partial charge in [-0.3, -0.25) is 9.59 Å². The molecule has 2 aromatic heterocycles. The van der Waals surface area contributed by atoms with Gasteiger partial charge in [0, 0.05) is 5.39 Å². The average molecular weight is 324 g/mol. The summed E-state index contributed by atoms with van der Waals surface area (Å²) in [6.07, 6.45) is 2.30. The highest BCUT2D eigenvalue weighted by molar-refractivity contribution is 6.06. The van der Waals surface area contributed by atoms with Gasteiger partial charge < -0.3 is 0 Å². The lowest BCUT2D eigenvalue weighted by Crippen LogP contribution is -2.25. The van der Waals surface area contributed by atoms with E-state index in [1.807, 2.05) is 0 Å². The second kappa shape index (κ2) is 5.69. The van der Waals surface area contributed by atoms with Crippen molar-refractivity contribution in [3.05, 3.63) is 51.7 Å². The summed E-state index contributed by atoms with van der Waals surface area (Å²) in [6.45, 7) is 0. The van der Waals surface area contributed by atoms with Crippen molar-refractivity contribution in [1.29, 1.82) is 0 Å². The number of rotatable bonds is 2. The van der Waals surface area contributed by atoms with Crippen molar-refractivity contribution in [2.24, 2.45) is 5.10 Å². The van der Waals surface area contributed by atoms with Crippen molar-refractivity contribution < 1.29 is 9.42 Å². The summed E-state index contributed by atoms with van der Waals surface area (Å²) in [6, 6.07) is 6.76. The fourth-order valence-corrected chi connectivity index (χ4v) is 2.70. The standard InChI is InChI=1S/C15H12N6O3/c22-14-9-5-2-1-4-8(9)12(17-18-14)15(23)19-16-10-6-3-7-11-13(10)21-24-20-11/h1-2,4-5H,3,6-7H2,(H,18,22)(H,19,23). The third-order valence-corrected chi connectivity index (χ3v) is 3.86. The van der Waals surface area contributed by atoms with Gasteiger partial charge in [-0.25, -0.2) is 15.2 Å². The van der Waals surface area contributed by atoms with Gasteiger partial charge in [-0.2, -0.15) is 10.2 Å². The summed E-state index contributed by atoms with van der Waals surface area (Å²) >= 11 is 0. The van der Waals surface area contributed by atoms with Crippen LogP contribution >= 0.6 is 0 Å². The van der Waals surface area contributed by atoms with E-state index in [0.29, 0.717) is 28.6 Å². The second-order valence-electron chi connectivity index (χ2n) is 5.36. The Hall–Kier alpha value is -3.36. The Morgan fingerprint density at radius 2 is 2.04 bits per heavy atom. The summed E-state index contributed by atoms with van der Waals surface area (Å²) in [7, 11) is 0. The van der Waals surface area contributed by atoms with Crippen molar-refractivity contribution in [3.63, 3.8) is 0 Å². The van der Waals surface area contributed by atoms with E-state index in [1.165, 1.54) is 0 Å². The number of aromatic nitrogens is 4. The van der Waals surface area contributed by atoms with Crippen molar-refractivity contribution in [1.82, 2.24) is 25.9 Å². The first-order chi connectivity index (χ1) is 11.7. The number of nitrogens with one attached hydrogen (secondary N) is 2. The van der Waals surface area contributed by atoms with Crippen LogP contribution in [0.15, 0.2) is 38.8 Å². The molecule has 4 rings (SSSR count). The Kier molecular flexibility index (Phi) is 3.38. The smallest absolute Gasteiger partial charge is 0.267 e. The Bertz CT molecular complexity index is 1020. The van der Waals surface area contributed by atoms with Crippen molar-refractivity contribution in [3.8, 4) is 0 Å². The monoisotopic (exact) mass is 324 g/mol. The van der Waals surface area contributed by atoms with Gasteiger partial charge in [0.2, 0.25) is 0 Å². The molecule has 0 radical (unpaired) electrons. The van der Waals surface area contributed by atoms with Gasteiger partial charge in [0.05, 0.1) is 11.1 Å². The number of hydrogen-bond acceptors (Lipinski definition) is 7. The number of benzene rings is 1. The van der Waals surface area contributed by atoms with E-state index in [1.54, 1.807) is 24.3 Å². The summed E-state index contributed by atoms with van der Waals surface area (Å²) < 4.78 is 4.71. The molecule has 24 heavy (non-hydrogen) atoms. The summed E-state index contributed by atoms with van der Waals surface area (Å²) in [5.41, 5.74) is 4.14. The molecule has 0 spiro atoms. The molecule has 120 valence electrons. The van der Waals surface area contributed by atoms with Gasteiger partial charge in [0.1, 0.15) is 5.69 Å². The third kappa shape index (κ3) is 2.35. The molecule has 1 aliphatic rings. The number of H-pyrrole nitrogens is 1. The van der Waals surface area contributed by atoms with Gasteiger partial charge in [-0.15, -0.1) is 0 Å². The third-order valence-electron chi connectivity index (χ3n) is 3.86. The van der Waals surface area contributed by atoms with Crippen LogP contribution in [0.4, 0.5) is 0 Å². The normalized spacial score (nSPS) is 15.4. The van der Waals surface area contributed by atoms with Crippen LogP contribution in [0.2, 0.25) is 0 Å². The van der Waals surface area contributed by atoms with Crippen LogP contribution in [0.3, 0.4) is 0 Å². The predicted octanol–water partition coefficient (Wildman–Crippen LogP) is 0.776. The number of hydrogen-bond donors (Lipinski definition) is 2. The molecular formula is C15H12N6O3. The number of nitrogens with zero attached hydrogens (tertiary/aromatic N) is 4. The number of aryl methyl sites for hydroxylation is 1. The maximum absolute atomic E-state index is 12.4. The van der Waals surface area contributed by atoms with E-state index >= 15 is 0 Å². The molecule has 0 aliphatic heterocycles. The Morgan fingerprint density at radius 3 is 2.92 bits per heavy atom. The summed E-state index contributed by atoms with van der Waals surface area (Å²) in [5.74, 6) is -0.515. The molecule has 1 aromatic carbocycles. The van der Waals surface area contributed by atoms with Gasteiger partial charge in [-0.05, 0) is 30.5 Å². The van der Waals surface area contributed by atoms with Crippen molar-refractivity contribution >= 4 is 22.4 Å². The van der Waals surface area contributed by atoms with Crippen molar-refractivity contribution in [2.45, 2.75) is 19.3 Å². The maximum atomic E-state index is 12.4. The molecule has 0 bridgehead atoms. The van der Waals surface area contributed by atoms with Crippen LogP contribution in [0.1, 0.15) is 34.7 Å². The molecule has 2 heterocycles. The summed E-state index contributed by atoms with van der Waals surface area (Å²) in [5, 5.41) is 18.8. The Balaban J connectivity index is 1.66. The highest BCUT2D eigenvalue weighted by atomic mass is 16.6. The van der Waals surface area contributed by atoms with Gasteiger partial charge in [0.25, 0.3) is 11.5 Å². The van der Waals surface area contributed by atoms with Gasteiger partial charge in [0.15, 0.2) is 11.4 Å². The lowest BCUT2D eigenvalue weighted by molar-refractivity contribution is 0.0950. The molecule has 0 saturated carbocycles. The zero-order chi connectivity index (χ0) is 16.5. The van der Waals surface area contributed by atoms with Crippen molar-refractivity contribution in [2.75, 3.05) is 0 Å². The quantitative estimate of drug-likeness (QED) is 0.671. The van der Waals surface area contributed by atoms with Crippen LogP contribution in [-0.2, 0) is 6.42 Å². The highest BCUT2D eigenvalue weighted by Crippen LogP contribution is 2.18. The van der Waals surface area contributed by atoms with E-state index < -0.39 is 5.91 Å². The number of carbonyl (C=O) groups is 1. The molecular weight excluding hydrogens is 312 g/mol. The molecule has 0 saturated heterocycles. The molecule has 1 amide bonds. The van der Waals surface area contributed by atoms with Crippen LogP contribution in [0.25, 0.3) is 10.8 Å². The lowest BCUT2D eigenvalue weighted by atomic mass is 9.99. The first kappa shape index (κ1) is 14.2. The SMILES string of the molecule is O=C(NN=C1CCCc2nonc21)c1n[nH]c(=O)c2ccccc12. The Morgan fingerprint density at radius 1 is 1.21 bits per heavy atom. The number of fused-ring (bicyclic) bond motifs is 2. The topological polar surface area (TPSA) is 126 Å². The molecule has 0 unspecified atom stereocenters. The summed E-state index contributed by atoms with van der Waals surface area (Å²) in [4.78, 5) is 24.2. The zero-order valence-electron chi connectivity index (χ0n) is 12.4. The van der Waals surface area contributed by atoms with Crippen LogP contribution < -0.4 is 11.0 Å². The van der Waals surface area contributed by atoms with Gasteiger partial charge >= 0.3 is 0 Å².